The lowest BCUT2D eigenvalue weighted by atomic mass is 9.99. The molecule has 7 heteroatoms. The third-order valence-corrected chi connectivity index (χ3v) is 3.93. The molecule has 0 spiro atoms. The molecule has 1 amide bonds. The van der Waals surface area contributed by atoms with Gasteiger partial charge in [-0.25, -0.2) is 9.78 Å². The number of hydrogen-bond acceptors (Lipinski definition) is 5. The Balaban J connectivity index is 2.17. The van der Waals surface area contributed by atoms with Gasteiger partial charge in [0.25, 0.3) is 5.91 Å². The van der Waals surface area contributed by atoms with Crippen molar-refractivity contribution in [1.82, 2.24) is 10.3 Å². The molecule has 1 unspecified atom stereocenters. The van der Waals surface area contributed by atoms with Crippen molar-refractivity contribution >= 4 is 23.6 Å². The molecule has 2 N–H and O–H groups in total. The highest BCUT2D eigenvalue weighted by molar-refractivity contribution is 7.99. The van der Waals surface area contributed by atoms with Crippen LogP contribution in [-0.2, 0) is 4.79 Å². The lowest BCUT2D eigenvalue weighted by Crippen LogP contribution is -2.54. The molecule has 0 bridgehead atoms. The molecule has 0 aromatic carbocycles. The fraction of sp³-hybridized carbons (Fsp3) is 0.500. The first-order valence-corrected chi connectivity index (χ1v) is 6.24. The molecule has 2 rings (SSSR count). The van der Waals surface area contributed by atoms with Crippen LogP contribution < -0.4 is 5.32 Å². The van der Waals surface area contributed by atoms with Crippen molar-refractivity contribution in [3.63, 3.8) is 0 Å². The summed E-state index contributed by atoms with van der Waals surface area (Å²) in [6.07, 6.45) is 1.59. The van der Waals surface area contributed by atoms with Gasteiger partial charge in [-0.15, -0.1) is 0 Å². The number of nitrogens with one attached hydrogen (secondary N) is 1. The minimum absolute atomic E-state index is 0.0718. The van der Waals surface area contributed by atoms with Crippen LogP contribution in [0.5, 0.6) is 0 Å². The number of oxazole rings is 1. The molecule has 0 saturated carbocycles. The Morgan fingerprint density at radius 3 is 2.88 bits per heavy atom. The number of aliphatic carboxylic acids is 1. The molecule has 17 heavy (non-hydrogen) atoms. The fourth-order valence-electron chi connectivity index (χ4n) is 1.68. The van der Waals surface area contributed by atoms with Gasteiger partial charge in [0.2, 0.25) is 5.76 Å². The summed E-state index contributed by atoms with van der Waals surface area (Å²) in [6, 6.07) is 0. The first-order chi connectivity index (χ1) is 8.05. The summed E-state index contributed by atoms with van der Waals surface area (Å²) in [4.78, 5) is 26.9. The molecule has 1 atom stereocenters. The highest BCUT2D eigenvalue weighted by Crippen LogP contribution is 2.28. The first kappa shape index (κ1) is 12.0. The van der Waals surface area contributed by atoms with E-state index in [2.05, 4.69) is 10.3 Å². The van der Waals surface area contributed by atoms with Gasteiger partial charge in [0.15, 0.2) is 6.39 Å². The van der Waals surface area contributed by atoms with Crippen molar-refractivity contribution in [3.8, 4) is 0 Å². The summed E-state index contributed by atoms with van der Waals surface area (Å²) < 4.78 is 4.94. The molecule has 0 radical (unpaired) electrons. The van der Waals surface area contributed by atoms with Crippen LogP contribution >= 0.6 is 11.8 Å². The fourth-order valence-corrected chi connectivity index (χ4v) is 3.01. The summed E-state index contributed by atoms with van der Waals surface area (Å²) in [5.74, 6) is -0.358. The van der Waals surface area contributed by atoms with Crippen LogP contribution in [0.1, 0.15) is 22.7 Å². The Morgan fingerprint density at radius 1 is 1.65 bits per heavy atom. The van der Waals surface area contributed by atoms with Crippen LogP contribution in [0, 0.1) is 6.92 Å². The Bertz CT molecular complexity index is 451. The van der Waals surface area contributed by atoms with Gasteiger partial charge in [-0.05, 0) is 19.1 Å². The summed E-state index contributed by atoms with van der Waals surface area (Å²) in [5.41, 5.74) is -0.727. The second-order valence-corrected chi connectivity index (χ2v) is 5.02. The monoisotopic (exact) mass is 256 g/mol. The maximum atomic E-state index is 11.9. The lowest BCUT2D eigenvalue weighted by molar-refractivity contribution is -0.143. The molecule has 1 aliphatic rings. The predicted molar refractivity (Wildman–Crippen MR) is 61.0 cm³/mol. The number of carbonyl (C=O) groups is 2. The van der Waals surface area contributed by atoms with E-state index in [0.717, 1.165) is 5.75 Å². The zero-order chi connectivity index (χ0) is 12.5. The van der Waals surface area contributed by atoms with Crippen LogP contribution in [0.25, 0.3) is 0 Å². The molecule has 1 fully saturated rings. The van der Waals surface area contributed by atoms with Crippen molar-refractivity contribution in [2.24, 2.45) is 0 Å². The molecule has 0 aliphatic carbocycles. The van der Waals surface area contributed by atoms with E-state index in [9.17, 15) is 14.7 Å². The lowest BCUT2D eigenvalue weighted by Gasteiger charge is -2.23. The van der Waals surface area contributed by atoms with Crippen molar-refractivity contribution < 1.29 is 19.1 Å². The maximum absolute atomic E-state index is 11.9. The van der Waals surface area contributed by atoms with E-state index in [1.165, 1.54) is 18.2 Å². The van der Waals surface area contributed by atoms with E-state index in [4.69, 9.17) is 4.42 Å². The van der Waals surface area contributed by atoms with Gasteiger partial charge in [-0.2, -0.15) is 11.8 Å². The Morgan fingerprint density at radius 2 is 2.41 bits per heavy atom. The number of aromatic nitrogens is 1. The van der Waals surface area contributed by atoms with Gasteiger partial charge < -0.3 is 14.8 Å². The van der Waals surface area contributed by atoms with E-state index < -0.39 is 17.4 Å². The molecule has 92 valence electrons. The van der Waals surface area contributed by atoms with Crippen molar-refractivity contribution in [1.29, 1.82) is 0 Å². The minimum atomic E-state index is -1.18. The summed E-state index contributed by atoms with van der Waals surface area (Å²) in [6.45, 7) is 1.63. The number of nitrogens with zero attached hydrogens (tertiary/aromatic N) is 1. The highest BCUT2D eigenvalue weighted by atomic mass is 32.2. The number of thioether (sulfide) groups is 1. The first-order valence-electron chi connectivity index (χ1n) is 5.09. The molecule has 1 saturated heterocycles. The molecule has 1 aromatic rings. The van der Waals surface area contributed by atoms with Crippen molar-refractivity contribution in [3.05, 3.63) is 17.8 Å². The SMILES string of the molecule is Cc1ncoc1C(=O)NC1(C(=O)O)CCSC1. The van der Waals surface area contributed by atoms with Gasteiger partial charge in [-0.3, -0.25) is 4.79 Å². The average Bonchev–Trinajstić information content (AvgIpc) is 2.87. The second-order valence-electron chi connectivity index (χ2n) is 3.91. The number of carbonyl (C=O) groups excluding carboxylic acids is 1. The van der Waals surface area contributed by atoms with Crippen molar-refractivity contribution in [2.75, 3.05) is 11.5 Å². The summed E-state index contributed by atoms with van der Waals surface area (Å²) >= 11 is 1.51. The molecular weight excluding hydrogens is 244 g/mol. The minimum Gasteiger partial charge on any atom is -0.479 e. The topological polar surface area (TPSA) is 92.4 Å². The van der Waals surface area contributed by atoms with E-state index in [1.807, 2.05) is 0 Å². The third-order valence-electron chi connectivity index (χ3n) is 2.74. The van der Waals surface area contributed by atoms with Gasteiger partial charge in [0, 0.05) is 5.75 Å². The molecule has 1 aromatic heterocycles. The normalized spacial score (nSPS) is 23.6. The number of hydrogen-bond donors (Lipinski definition) is 2. The molecule has 6 nitrogen and oxygen atoms in total. The second kappa shape index (κ2) is 4.40. The van der Waals surface area contributed by atoms with Gasteiger partial charge in [-0.1, -0.05) is 0 Å². The Kier molecular flexibility index (Phi) is 3.10. The largest absolute Gasteiger partial charge is 0.479 e. The van der Waals surface area contributed by atoms with Gasteiger partial charge in [0.1, 0.15) is 5.54 Å². The van der Waals surface area contributed by atoms with E-state index in [-0.39, 0.29) is 5.76 Å². The summed E-state index contributed by atoms with van der Waals surface area (Å²) in [7, 11) is 0. The number of carboxylic acids is 1. The zero-order valence-electron chi connectivity index (χ0n) is 9.23. The van der Waals surface area contributed by atoms with E-state index in [1.54, 1.807) is 6.92 Å². The molecule has 2 heterocycles. The number of aryl methyl sites for hydroxylation is 1. The molecule has 1 aliphatic heterocycles. The van der Waals surface area contributed by atoms with Gasteiger partial charge in [0.05, 0.1) is 5.69 Å². The average molecular weight is 256 g/mol. The predicted octanol–water partition coefficient (Wildman–Crippen LogP) is 0.673. The van der Waals surface area contributed by atoms with E-state index >= 15 is 0 Å². The Hall–Kier alpha value is -1.50. The standard InChI is InChI=1S/C10H12N2O4S/c1-6-7(16-5-11-6)8(13)12-10(9(14)15)2-3-17-4-10/h5H,2-4H2,1H3,(H,12,13)(H,14,15). The number of rotatable bonds is 3. The van der Waals surface area contributed by atoms with E-state index in [0.29, 0.717) is 17.9 Å². The van der Waals surface area contributed by atoms with Crippen LogP contribution in [0.3, 0.4) is 0 Å². The third kappa shape index (κ3) is 2.14. The van der Waals surface area contributed by atoms with Gasteiger partial charge >= 0.3 is 5.97 Å². The molecular formula is C10H12N2O4S. The number of carboxylic acid groups (broad SMARTS) is 1. The number of amides is 1. The smallest absolute Gasteiger partial charge is 0.330 e. The van der Waals surface area contributed by atoms with Crippen molar-refractivity contribution in [2.45, 2.75) is 18.9 Å². The zero-order valence-corrected chi connectivity index (χ0v) is 10.0. The summed E-state index contributed by atoms with van der Waals surface area (Å²) in [5, 5.41) is 11.7. The quantitative estimate of drug-likeness (QED) is 0.826. The van der Waals surface area contributed by atoms with Crippen LogP contribution in [0.15, 0.2) is 10.8 Å². The highest BCUT2D eigenvalue weighted by Gasteiger charge is 2.44. The Labute approximate surface area is 102 Å². The van der Waals surface area contributed by atoms with Crippen LogP contribution in [-0.4, -0.2) is 39.0 Å². The van der Waals surface area contributed by atoms with Crippen LogP contribution in [0.4, 0.5) is 0 Å². The van der Waals surface area contributed by atoms with Crippen LogP contribution in [0.2, 0.25) is 0 Å². The maximum Gasteiger partial charge on any atom is 0.330 e.